The molecule has 180 valence electrons. The van der Waals surface area contributed by atoms with Crippen molar-refractivity contribution in [2.75, 3.05) is 10.6 Å². The Labute approximate surface area is 220 Å². The highest BCUT2D eigenvalue weighted by Crippen LogP contribution is 2.42. The molecular formula is C35H24N2O. The molecule has 2 N–H and O–H groups in total. The van der Waals surface area contributed by atoms with Crippen molar-refractivity contribution in [3.05, 3.63) is 133 Å². The van der Waals surface area contributed by atoms with Gasteiger partial charge in [0.15, 0.2) is 0 Å². The fourth-order valence-corrected chi connectivity index (χ4v) is 5.77. The highest BCUT2D eigenvalue weighted by molar-refractivity contribution is 6.18. The van der Waals surface area contributed by atoms with Gasteiger partial charge < -0.3 is 15.1 Å². The van der Waals surface area contributed by atoms with Crippen molar-refractivity contribution in [2.45, 2.75) is 6.17 Å². The summed E-state index contributed by atoms with van der Waals surface area (Å²) >= 11 is 0. The van der Waals surface area contributed by atoms with Gasteiger partial charge in [0.1, 0.15) is 17.3 Å². The SMILES string of the molecule is c1ccc(C2Nc3ccc(-c4ccc(-c5c6ccccc6cc6c5oc5ccccc56)cc4)cc3N2)cc1. The molecule has 3 nitrogen and oxygen atoms in total. The second-order valence-corrected chi connectivity index (χ2v) is 9.92. The Kier molecular flexibility index (Phi) is 4.58. The van der Waals surface area contributed by atoms with Crippen LogP contribution in [0.4, 0.5) is 11.4 Å². The second kappa shape index (κ2) is 8.25. The van der Waals surface area contributed by atoms with Crippen LogP contribution in [0.2, 0.25) is 0 Å². The molecule has 0 fully saturated rings. The van der Waals surface area contributed by atoms with Gasteiger partial charge in [0.2, 0.25) is 0 Å². The summed E-state index contributed by atoms with van der Waals surface area (Å²) in [4.78, 5) is 0. The third kappa shape index (κ3) is 3.29. The molecule has 1 aliphatic rings. The number of fused-ring (bicyclic) bond motifs is 5. The van der Waals surface area contributed by atoms with Crippen LogP contribution in [0.1, 0.15) is 11.7 Å². The Morgan fingerprint density at radius 1 is 0.500 bits per heavy atom. The van der Waals surface area contributed by atoms with Gasteiger partial charge in [-0.2, -0.15) is 0 Å². The van der Waals surface area contributed by atoms with Gasteiger partial charge in [0.05, 0.1) is 11.4 Å². The van der Waals surface area contributed by atoms with Crippen LogP contribution in [0.5, 0.6) is 0 Å². The molecule has 8 rings (SSSR count). The first-order valence-corrected chi connectivity index (χ1v) is 13.0. The maximum atomic E-state index is 6.44. The quantitative estimate of drug-likeness (QED) is 0.260. The number of rotatable bonds is 3. The monoisotopic (exact) mass is 488 g/mol. The molecule has 0 radical (unpaired) electrons. The van der Waals surface area contributed by atoms with Gasteiger partial charge in [-0.05, 0) is 57.3 Å². The third-order valence-electron chi connectivity index (χ3n) is 7.65. The van der Waals surface area contributed by atoms with E-state index in [4.69, 9.17) is 4.42 Å². The molecule has 6 aromatic carbocycles. The van der Waals surface area contributed by atoms with E-state index in [1.807, 2.05) is 18.2 Å². The fraction of sp³-hybridized carbons (Fsp3) is 0.0286. The van der Waals surface area contributed by atoms with Crippen molar-refractivity contribution >= 4 is 44.1 Å². The zero-order chi connectivity index (χ0) is 25.1. The highest BCUT2D eigenvalue weighted by atomic mass is 16.3. The molecule has 1 unspecified atom stereocenters. The lowest BCUT2D eigenvalue weighted by Gasteiger charge is -2.12. The lowest BCUT2D eigenvalue weighted by Crippen LogP contribution is -2.11. The van der Waals surface area contributed by atoms with Crippen LogP contribution >= 0.6 is 0 Å². The van der Waals surface area contributed by atoms with Gasteiger partial charge in [0, 0.05) is 16.3 Å². The van der Waals surface area contributed by atoms with E-state index in [1.54, 1.807) is 0 Å². The second-order valence-electron chi connectivity index (χ2n) is 9.92. The van der Waals surface area contributed by atoms with Gasteiger partial charge in [-0.3, -0.25) is 0 Å². The van der Waals surface area contributed by atoms with E-state index in [9.17, 15) is 0 Å². The van der Waals surface area contributed by atoms with Crippen LogP contribution in [0.3, 0.4) is 0 Å². The maximum Gasteiger partial charge on any atom is 0.143 e. The summed E-state index contributed by atoms with van der Waals surface area (Å²) in [5.74, 6) is 0. The first-order chi connectivity index (χ1) is 18.8. The van der Waals surface area contributed by atoms with Crippen molar-refractivity contribution in [3.63, 3.8) is 0 Å². The molecule has 3 heteroatoms. The minimum Gasteiger partial charge on any atom is -0.455 e. The van der Waals surface area contributed by atoms with Gasteiger partial charge in [0.25, 0.3) is 0 Å². The minimum atomic E-state index is 0.0846. The van der Waals surface area contributed by atoms with E-state index in [0.717, 1.165) is 44.4 Å². The molecule has 1 aliphatic heterocycles. The Bertz CT molecular complexity index is 1970. The number of furan rings is 1. The van der Waals surface area contributed by atoms with Gasteiger partial charge in [-0.15, -0.1) is 0 Å². The average Bonchev–Trinajstić information content (AvgIpc) is 3.58. The van der Waals surface area contributed by atoms with Crippen LogP contribution in [0.25, 0.3) is 55.0 Å². The molecular weight excluding hydrogens is 464 g/mol. The van der Waals surface area contributed by atoms with Crippen molar-refractivity contribution in [1.82, 2.24) is 0 Å². The topological polar surface area (TPSA) is 37.2 Å². The molecule has 7 aromatic rings. The lowest BCUT2D eigenvalue weighted by atomic mass is 9.94. The Morgan fingerprint density at radius 3 is 2.05 bits per heavy atom. The van der Waals surface area contributed by atoms with Gasteiger partial charge in [-0.1, -0.05) is 103 Å². The molecule has 0 amide bonds. The maximum absolute atomic E-state index is 6.44. The van der Waals surface area contributed by atoms with E-state index in [2.05, 4.69) is 120 Å². The van der Waals surface area contributed by atoms with Gasteiger partial charge >= 0.3 is 0 Å². The molecule has 2 heterocycles. The van der Waals surface area contributed by atoms with E-state index in [0.29, 0.717) is 0 Å². The summed E-state index contributed by atoms with van der Waals surface area (Å²) in [7, 11) is 0. The van der Waals surface area contributed by atoms with E-state index >= 15 is 0 Å². The molecule has 1 atom stereocenters. The van der Waals surface area contributed by atoms with Crippen LogP contribution in [0.15, 0.2) is 132 Å². The molecule has 0 spiro atoms. The molecule has 0 aliphatic carbocycles. The van der Waals surface area contributed by atoms with E-state index < -0.39 is 0 Å². The average molecular weight is 489 g/mol. The third-order valence-corrected chi connectivity index (χ3v) is 7.65. The fourth-order valence-electron chi connectivity index (χ4n) is 5.77. The number of hydrogen-bond donors (Lipinski definition) is 2. The van der Waals surface area contributed by atoms with Crippen molar-refractivity contribution < 1.29 is 4.42 Å². The summed E-state index contributed by atoms with van der Waals surface area (Å²) in [5.41, 5.74) is 10.0. The van der Waals surface area contributed by atoms with Gasteiger partial charge in [-0.25, -0.2) is 0 Å². The molecule has 0 saturated heterocycles. The Balaban J connectivity index is 1.20. The first kappa shape index (κ1) is 21.1. The van der Waals surface area contributed by atoms with Crippen molar-refractivity contribution in [3.8, 4) is 22.3 Å². The zero-order valence-electron chi connectivity index (χ0n) is 20.6. The number of anilines is 2. The van der Waals surface area contributed by atoms with Crippen molar-refractivity contribution in [2.24, 2.45) is 0 Å². The number of para-hydroxylation sites is 1. The summed E-state index contributed by atoms with van der Waals surface area (Å²) in [5, 5.41) is 11.9. The smallest absolute Gasteiger partial charge is 0.143 e. The first-order valence-electron chi connectivity index (χ1n) is 13.0. The van der Waals surface area contributed by atoms with Crippen molar-refractivity contribution in [1.29, 1.82) is 0 Å². The number of hydrogen-bond acceptors (Lipinski definition) is 3. The molecule has 1 aromatic heterocycles. The Hall–Kier alpha value is -5.02. The lowest BCUT2D eigenvalue weighted by molar-refractivity contribution is 0.670. The molecule has 38 heavy (non-hydrogen) atoms. The minimum absolute atomic E-state index is 0.0846. The Morgan fingerprint density at radius 2 is 1.18 bits per heavy atom. The van der Waals surface area contributed by atoms with E-state index in [-0.39, 0.29) is 6.17 Å². The predicted molar refractivity (Wildman–Crippen MR) is 159 cm³/mol. The molecule has 0 saturated carbocycles. The van der Waals surface area contributed by atoms with Crippen LogP contribution < -0.4 is 10.6 Å². The summed E-state index contributed by atoms with van der Waals surface area (Å²) in [6.07, 6.45) is 0.0846. The molecule has 0 bridgehead atoms. The van der Waals surface area contributed by atoms with Crippen LogP contribution in [-0.2, 0) is 0 Å². The summed E-state index contributed by atoms with van der Waals surface area (Å²) in [6, 6.07) is 45.0. The predicted octanol–water partition coefficient (Wildman–Crippen LogP) is 9.61. The highest BCUT2D eigenvalue weighted by Gasteiger charge is 2.21. The normalized spacial score (nSPS) is 14.5. The van der Waals surface area contributed by atoms with Crippen LogP contribution in [-0.4, -0.2) is 0 Å². The van der Waals surface area contributed by atoms with Crippen LogP contribution in [0, 0.1) is 0 Å². The summed E-state index contributed by atoms with van der Waals surface area (Å²) in [6.45, 7) is 0. The zero-order valence-corrected chi connectivity index (χ0v) is 20.6. The summed E-state index contributed by atoms with van der Waals surface area (Å²) < 4.78 is 6.44. The number of nitrogens with one attached hydrogen (secondary N) is 2. The van der Waals surface area contributed by atoms with E-state index in [1.165, 1.54) is 27.5 Å². The standard InChI is InChI=1S/C35H24N2O/c1-2-8-24(9-3-1)35-36-30-19-18-25(21-31(30)37-35)22-14-16-23(17-15-22)33-27-11-5-4-10-26(27)20-29-28-12-6-7-13-32(28)38-34(29)33/h1-21,35-37H. The largest absolute Gasteiger partial charge is 0.455 e. The number of benzene rings is 6.